The molecule has 0 spiro atoms. The molecule has 3 aromatic heterocycles. The van der Waals surface area contributed by atoms with E-state index in [0.717, 1.165) is 58.4 Å². The number of amides is 4. The quantitative estimate of drug-likeness (QED) is 0.0800. The molecule has 8 rings (SSSR count). The van der Waals surface area contributed by atoms with Crippen molar-refractivity contribution in [3.63, 3.8) is 0 Å². The Morgan fingerprint density at radius 1 is 0.790 bits per heavy atom. The number of nitrogens with one attached hydrogen (secondary N) is 4. The van der Waals surface area contributed by atoms with Crippen molar-refractivity contribution in [2.45, 2.75) is 76.5 Å². The number of ether oxygens (including phenoxy) is 1. The molecule has 5 N–H and O–H groups in total. The van der Waals surface area contributed by atoms with E-state index < -0.39 is 24.3 Å². The number of methoxy groups -OCH3 is 1. The summed E-state index contributed by atoms with van der Waals surface area (Å²) in [7, 11) is 1.28. The number of benzene rings is 3. The van der Waals surface area contributed by atoms with Crippen LogP contribution < -0.4 is 10.6 Å². The van der Waals surface area contributed by atoms with Crippen LogP contribution in [-0.4, -0.2) is 101 Å². The number of imidazole rings is 2. The van der Waals surface area contributed by atoms with E-state index in [1.54, 1.807) is 22.2 Å². The topological polar surface area (TPSA) is 211 Å². The van der Waals surface area contributed by atoms with Gasteiger partial charge in [-0.05, 0) is 62.1 Å². The molecular weight excluding hydrogens is 789 g/mol. The molecule has 0 unspecified atom stereocenters. The Morgan fingerprint density at radius 3 is 2.16 bits per heavy atom. The zero-order valence-corrected chi connectivity index (χ0v) is 34.9. The Morgan fingerprint density at radius 2 is 1.47 bits per heavy atom. The summed E-state index contributed by atoms with van der Waals surface area (Å²) in [5.74, 6) is 0.828. The van der Waals surface area contributed by atoms with Gasteiger partial charge in [0.25, 0.3) is 0 Å². The predicted octanol–water partition coefficient (Wildman–Crippen LogP) is 7.05. The zero-order chi connectivity index (χ0) is 43.3. The molecule has 2 fully saturated rings. The van der Waals surface area contributed by atoms with E-state index in [0.29, 0.717) is 55.2 Å². The molecule has 4 atom stereocenters. The minimum Gasteiger partial charge on any atom is -0.465 e. The molecule has 16 nitrogen and oxygen atoms in total. The van der Waals surface area contributed by atoms with Gasteiger partial charge in [0, 0.05) is 36.0 Å². The van der Waals surface area contributed by atoms with Gasteiger partial charge in [-0.3, -0.25) is 14.6 Å². The van der Waals surface area contributed by atoms with Gasteiger partial charge in [0.2, 0.25) is 11.8 Å². The number of aryl methyl sites for hydroxylation is 1. The van der Waals surface area contributed by atoms with Gasteiger partial charge in [-0.25, -0.2) is 24.5 Å². The van der Waals surface area contributed by atoms with Crippen molar-refractivity contribution < 1.29 is 29.0 Å². The van der Waals surface area contributed by atoms with E-state index in [-0.39, 0.29) is 29.8 Å². The van der Waals surface area contributed by atoms with Crippen LogP contribution in [0.4, 0.5) is 9.59 Å². The van der Waals surface area contributed by atoms with Crippen LogP contribution in [0.5, 0.6) is 0 Å². The molecule has 16 heteroatoms. The summed E-state index contributed by atoms with van der Waals surface area (Å²) in [6.45, 7) is 4.88. The highest BCUT2D eigenvalue weighted by atomic mass is 16.5. The van der Waals surface area contributed by atoms with Crippen molar-refractivity contribution in [2.75, 3.05) is 20.2 Å². The summed E-state index contributed by atoms with van der Waals surface area (Å²) in [4.78, 5) is 80.5. The molecule has 0 bridgehead atoms. The normalized spacial score (nSPS) is 17.3. The lowest BCUT2D eigenvalue weighted by atomic mass is 10.0. The van der Waals surface area contributed by atoms with Crippen LogP contribution >= 0.6 is 0 Å². The largest absolute Gasteiger partial charge is 0.465 e. The van der Waals surface area contributed by atoms with Crippen molar-refractivity contribution in [1.29, 1.82) is 0 Å². The van der Waals surface area contributed by atoms with Gasteiger partial charge < -0.3 is 40.2 Å². The van der Waals surface area contributed by atoms with Crippen LogP contribution in [0, 0.1) is 5.92 Å². The molecule has 320 valence electrons. The minimum absolute atomic E-state index is 0.119. The first-order valence-electron chi connectivity index (χ1n) is 21.0. The fourth-order valence-corrected chi connectivity index (χ4v) is 8.51. The average Bonchev–Trinajstić information content (AvgIpc) is 4.14. The summed E-state index contributed by atoms with van der Waals surface area (Å²) >= 11 is 0. The maximum Gasteiger partial charge on any atom is 0.407 e. The summed E-state index contributed by atoms with van der Waals surface area (Å²) in [6.07, 6.45) is 7.50. The number of hydrogen-bond donors (Lipinski definition) is 5. The van der Waals surface area contributed by atoms with E-state index in [9.17, 15) is 24.3 Å². The molecule has 6 aromatic rings. The van der Waals surface area contributed by atoms with Crippen LogP contribution in [0.1, 0.15) is 75.2 Å². The number of H-pyrrole nitrogens is 2. The van der Waals surface area contributed by atoms with E-state index in [4.69, 9.17) is 19.7 Å². The number of likely N-dealkylation sites (tertiary alicyclic amines) is 2. The number of fused-ring (bicyclic) bond motifs is 1. The monoisotopic (exact) mass is 838 g/mol. The zero-order valence-electron chi connectivity index (χ0n) is 34.9. The third-order valence-electron chi connectivity index (χ3n) is 11.8. The summed E-state index contributed by atoms with van der Waals surface area (Å²) in [5.41, 5.74) is 7.38. The van der Waals surface area contributed by atoms with Gasteiger partial charge in [-0.1, -0.05) is 74.5 Å². The van der Waals surface area contributed by atoms with Crippen LogP contribution in [0.25, 0.3) is 44.8 Å². The first kappa shape index (κ1) is 41.6. The van der Waals surface area contributed by atoms with Gasteiger partial charge >= 0.3 is 12.2 Å². The van der Waals surface area contributed by atoms with Gasteiger partial charge in [0.15, 0.2) is 0 Å². The van der Waals surface area contributed by atoms with Crippen molar-refractivity contribution in [1.82, 2.24) is 50.3 Å². The number of nitrogens with zero attached hydrogens (tertiary/aromatic N) is 6. The molecule has 62 heavy (non-hydrogen) atoms. The molecule has 0 aliphatic carbocycles. The lowest BCUT2D eigenvalue weighted by Gasteiger charge is -2.29. The Hall–Kier alpha value is -7.10. The summed E-state index contributed by atoms with van der Waals surface area (Å²) in [6, 6.07) is 21.4. The van der Waals surface area contributed by atoms with Crippen LogP contribution in [0.2, 0.25) is 0 Å². The number of carbonyl (C=O) groups is 4. The van der Waals surface area contributed by atoms with Gasteiger partial charge in [-0.2, -0.15) is 0 Å². The highest BCUT2D eigenvalue weighted by Gasteiger charge is 2.38. The molecule has 0 saturated carbocycles. The van der Waals surface area contributed by atoms with Crippen LogP contribution in [0.3, 0.4) is 0 Å². The summed E-state index contributed by atoms with van der Waals surface area (Å²) in [5, 5.41) is 14.7. The smallest absolute Gasteiger partial charge is 0.407 e. The standard InChI is InChI=1S/C46H50N10O6/c1-27(2)40(54-46(61)62-3)44(58)56-22-8-12-39(56)42-48-25-36(51-42)30-16-14-29(15-17-30)35-24-47-34-23-31(18-20-32(34)50-35)37-26-49-41(52-37)38-11-7-21-55(38)43(57)33(53-45(59)60)19-13-28-9-5-4-6-10-28/h4-6,9-10,14-18,20,23-27,33,38-40,53H,7-8,11-13,19,21-22H2,1-3H3,(H,48,51)(H,49,52)(H,54,61)(H,59,60)/t33-,38+,39+,40+/m1/s1. The number of hydrogen-bond acceptors (Lipinski definition) is 9. The highest BCUT2D eigenvalue weighted by Crippen LogP contribution is 2.35. The maximum atomic E-state index is 13.8. The number of carbonyl (C=O) groups excluding carboxylic acids is 3. The van der Waals surface area contributed by atoms with E-state index >= 15 is 0 Å². The Bertz CT molecular complexity index is 2560. The number of alkyl carbamates (subject to hydrolysis) is 1. The molecule has 2 aliphatic rings. The second kappa shape index (κ2) is 18.3. The Kier molecular flexibility index (Phi) is 12.3. The Balaban J connectivity index is 0.927. The lowest BCUT2D eigenvalue weighted by Crippen LogP contribution is -2.51. The molecule has 5 heterocycles. The fourth-order valence-electron chi connectivity index (χ4n) is 8.51. The van der Waals surface area contributed by atoms with Crippen molar-refractivity contribution >= 4 is 35.0 Å². The average molecular weight is 839 g/mol. The Labute approximate surface area is 358 Å². The van der Waals surface area contributed by atoms with Gasteiger partial charge in [0.05, 0.1) is 59.7 Å². The number of carboxylic acid groups (broad SMARTS) is 1. The second-order valence-electron chi connectivity index (χ2n) is 16.2. The molecule has 2 saturated heterocycles. The minimum atomic E-state index is -1.23. The molecular formula is C46H50N10O6. The maximum absolute atomic E-state index is 13.8. The van der Waals surface area contributed by atoms with E-state index in [1.165, 1.54) is 7.11 Å². The van der Waals surface area contributed by atoms with E-state index in [1.807, 2.05) is 92.8 Å². The van der Waals surface area contributed by atoms with Crippen LogP contribution in [0.15, 0.2) is 91.4 Å². The first-order chi connectivity index (χ1) is 30.1. The number of aromatic nitrogens is 6. The lowest BCUT2D eigenvalue weighted by molar-refractivity contribution is -0.135. The second-order valence-corrected chi connectivity index (χ2v) is 16.2. The molecule has 0 radical (unpaired) electrons. The van der Waals surface area contributed by atoms with E-state index in [2.05, 4.69) is 25.6 Å². The van der Waals surface area contributed by atoms with Crippen molar-refractivity contribution in [2.24, 2.45) is 5.92 Å². The predicted molar refractivity (Wildman–Crippen MR) is 231 cm³/mol. The molecule has 2 aliphatic heterocycles. The van der Waals surface area contributed by atoms with Gasteiger partial charge in [-0.15, -0.1) is 0 Å². The summed E-state index contributed by atoms with van der Waals surface area (Å²) < 4.78 is 4.76. The SMILES string of the molecule is COC(=O)N[C@H](C(=O)N1CCC[C@H]1c1nc(-c2ccc(-c3cnc4cc(-c5cnc([C@@H]6CCCN6C(=O)[C@@H](CCc6ccccc6)NC(=O)O)[nH]5)ccc4n3)cc2)c[nH]1)C(C)C. The molecule has 3 aromatic carbocycles. The van der Waals surface area contributed by atoms with Crippen LogP contribution in [-0.2, 0) is 20.7 Å². The fraction of sp³-hybridized carbons (Fsp3) is 0.348. The number of rotatable bonds is 13. The third kappa shape index (κ3) is 8.99. The number of aromatic amines is 2. The third-order valence-corrected chi connectivity index (χ3v) is 11.8. The van der Waals surface area contributed by atoms with Crippen molar-refractivity contribution in [3.8, 4) is 33.8 Å². The van der Waals surface area contributed by atoms with Gasteiger partial charge in [0.1, 0.15) is 23.7 Å². The first-order valence-corrected chi connectivity index (χ1v) is 21.0. The highest BCUT2D eigenvalue weighted by molar-refractivity contribution is 5.87. The van der Waals surface area contributed by atoms with Crippen molar-refractivity contribution in [3.05, 3.63) is 109 Å². The molecule has 4 amide bonds.